The van der Waals surface area contributed by atoms with Gasteiger partial charge in [-0.3, -0.25) is 0 Å². The number of rotatable bonds is 2. The quantitative estimate of drug-likeness (QED) is 0.251. The Morgan fingerprint density at radius 1 is 0.533 bits per heavy atom. The van der Waals surface area contributed by atoms with Gasteiger partial charge in [-0.2, -0.15) is 0 Å². The van der Waals surface area contributed by atoms with E-state index in [-0.39, 0.29) is 0 Å². The van der Waals surface area contributed by atoms with Crippen LogP contribution >= 0.6 is 15.9 Å². The zero-order chi connectivity index (χ0) is 20.1. The average Bonchev–Trinajstić information content (AvgIpc) is 3.13. The molecule has 0 unspecified atom stereocenters. The fraction of sp³-hybridized carbons (Fsp3) is 0. The summed E-state index contributed by atoms with van der Waals surface area (Å²) in [5.74, 6) is 0. The Kier molecular flexibility index (Phi) is 4.00. The maximum atomic E-state index is 3.68. The molecule has 0 fully saturated rings. The van der Waals surface area contributed by atoms with Crippen LogP contribution in [0.2, 0.25) is 0 Å². The maximum absolute atomic E-state index is 3.68. The number of aromatic nitrogens is 1. The SMILES string of the molecule is Brc1ccc2c3ccc4ccccc4c3n(-c3cccc(-c4ccccc4)c3)c2c1. The van der Waals surface area contributed by atoms with Crippen LogP contribution in [0.3, 0.4) is 0 Å². The molecule has 30 heavy (non-hydrogen) atoms. The van der Waals surface area contributed by atoms with E-state index in [1.165, 1.54) is 49.4 Å². The van der Waals surface area contributed by atoms with Gasteiger partial charge < -0.3 is 4.57 Å². The molecule has 1 nitrogen and oxygen atoms in total. The lowest BCUT2D eigenvalue weighted by atomic mass is 10.0. The molecule has 142 valence electrons. The van der Waals surface area contributed by atoms with Crippen molar-refractivity contribution in [2.24, 2.45) is 0 Å². The third-order valence-corrected chi connectivity index (χ3v) is 6.32. The number of halogens is 1. The van der Waals surface area contributed by atoms with Crippen molar-refractivity contribution >= 4 is 48.5 Å². The van der Waals surface area contributed by atoms with Crippen LogP contribution in [-0.2, 0) is 0 Å². The molecule has 0 saturated carbocycles. The summed E-state index contributed by atoms with van der Waals surface area (Å²) in [6.45, 7) is 0. The average molecular weight is 448 g/mol. The van der Waals surface area contributed by atoms with Crippen LogP contribution in [0, 0.1) is 0 Å². The van der Waals surface area contributed by atoms with E-state index in [0.717, 1.165) is 4.47 Å². The highest BCUT2D eigenvalue weighted by Gasteiger charge is 2.15. The second kappa shape index (κ2) is 6.86. The largest absolute Gasteiger partial charge is 0.309 e. The van der Waals surface area contributed by atoms with E-state index >= 15 is 0 Å². The van der Waals surface area contributed by atoms with Gasteiger partial charge in [-0.15, -0.1) is 0 Å². The number of fused-ring (bicyclic) bond motifs is 5. The Morgan fingerprint density at radius 2 is 1.30 bits per heavy atom. The Labute approximate surface area is 183 Å². The summed E-state index contributed by atoms with van der Waals surface area (Å²) in [6.07, 6.45) is 0. The van der Waals surface area contributed by atoms with E-state index in [9.17, 15) is 0 Å². The minimum atomic E-state index is 1.09. The van der Waals surface area contributed by atoms with Crippen molar-refractivity contribution in [3.05, 3.63) is 114 Å². The van der Waals surface area contributed by atoms with Crippen LogP contribution < -0.4 is 0 Å². The van der Waals surface area contributed by atoms with Gasteiger partial charge in [0.2, 0.25) is 0 Å². The number of nitrogens with zero attached hydrogens (tertiary/aromatic N) is 1. The molecule has 6 rings (SSSR count). The molecular formula is C28H18BrN. The molecule has 5 aromatic carbocycles. The Hall–Kier alpha value is -3.36. The van der Waals surface area contributed by atoms with Crippen LogP contribution in [-0.4, -0.2) is 4.57 Å². The van der Waals surface area contributed by atoms with Crippen molar-refractivity contribution in [2.75, 3.05) is 0 Å². The molecule has 1 heterocycles. The molecule has 0 aliphatic carbocycles. The summed E-state index contributed by atoms with van der Waals surface area (Å²) >= 11 is 3.68. The molecule has 1 aromatic heterocycles. The van der Waals surface area contributed by atoms with Gasteiger partial charge in [-0.1, -0.05) is 101 Å². The number of benzene rings is 5. The monoisotopic (exact) mass is 447 g/mol. The Morgan fingerprint density at radius 3 is 2.20 bits per heavy atom. The topological polar surface area (TPSA) is 4.93 Å². The second-order valence-corrected chi connectivity index (χ2v) is 8.51. The first kappa shape index (κ1) is 17.5. The fourth-order valence-electron chi connectivity index (χ4n) is 4.47. The molecule has 0 saturated heterocycles. The minimum absolute atomic E-state index is 1.09. The van der Waals surface area contributed by atoms with E-state index in [2.05, 4.69) is 130 Å². The predicted octanol–water partition coefficient (Wildman–Crippen LogP) is 8.37. The first-order chi connectivity index (χ1) is 14.8. The number of hydrogen-bond acceptors (Lipinski definition) is 0. The Bertz CT molecular complexity index is 1540. The molecule has 0 atom stereocenters. The first-order valence-corrected chi connectivity index (χ1v) is 10.9. The highest BCUT2D eigenvalue weighted by Crippen LogP contribution is 2.38. The van der Waals surface area contributed by atoms with Gasteiger partial charge in [0.1, 0.15) is 0 Å². The lowest BCUT2D eigenvalue weighted by Crippen LogP contribution is -1.95. The lowest BCUT2D eigenvalue weighted by molar-refractivity contribution is 1.19. The fourth-order valence-corrected chi connectivity index (χ4v) is 4.82. The van der Waals surface area contributed by atoms with Crippen molar-refractivity contribution in [1.82, 2.24) is 4.57 Å². The molecule has 0 radical (unpaired) electrons. The van der Waals surface area contributed by atoms with Crippen LogP contribution in [0.4, 0.5) is 0 Å². The highest BCUT2D eigenvalue weighted by molar-refractivity contribution is 9.10. The first-order valence-electron chi connectivity index (χ1n) is 10.1. The van der Waals surface area contributed by atoms with E-state index < -0.39 is 0 Å². The molecule has 2 heteroatoms. The third-order valence-electron chi connectivity index (χ3n) is 5.83. The van der Waals surface area contributed by atoms with Crippen LogP contribution in [0.1, 0.15) is 0 Å². The summed E-state index contributed by atoms with van der Waals surface area (Å²) in [7, 11) is 0. The minimum Gasteiger partial charge on any atom is -0.309 e. The number of hydrogen-bond donors (Lipinski definition) is 0. The van der Waals surface area contributed by atoms with Gasteiger partial charge >= 0.3 is 0 Å². The van der Waals surface area contributed by atoms with E-state index in [4.69, 9.17) is 0 Å². The highest BCUT2D eigenvalue weighted by atomic mass is 79.9. The van der Waals surface area contributed by atoms with Gasteiger partial charge in [0.05, 0.1) is 11.0 Å². The summed E-state index contributed by atoms with van der Waals surface area (Å²) in [5, 5.41) is 5.07. The van der Waals surface area contributed by atoms with Gasteiger partial charge in [0.25, 0.3) is 0 Å². The second-order valence-electron chi connectivity index (χ2n) is 7.60. The van der Waals surface area contributed by atoms with Crippen molar-refractivity contribution in [3.8, 4) is 16.8 Å². The third kappa shape index (κ3) is 2.68. The molecule has 6 aromatic rings. The molecule has 0 bridgehead atoms. The van der Waals surface area contributed by atoms with E-state index in [0.29, 0.717) is 0 Å². The zero-order valence-electron chi connectivity index (χ0n) is 16.2. The van der Waals surface area contributed by atoms with Crippen LogP contribution in [0.5, 0.6) is 0 Å². The molecule has 0 amide bonds. The standard InChI is InChI=1S/C28H18BrN/c29-22-14-16-25-26-15-13-20-9-4-5-12-24(20)28(26)30(27(25)18-22)23-11-6-10-21(17-23)19-7-2-1-3-8-19/h1-18H. The molecular weight excluding hydrogens is 430 g/mol. The summed E-state index contributed by atoms with van der Waals surface area (Å²) in [4.78, 5) is 0. The smallest absolute Gasteiger partial charge is 0.0619 e. The van der Waals surface area contributed by atoms with Crippen molar-refractivity contribution < 1.29 is 0 Å². The van der Waals surface area contributed by atoms with Crippen molar-refractivity contribution in [2.45, 2.75) is 0 Å². The molecule has 0 spiro atoms. The summed E-state index contributed by atoms with van der Waals surface area (Å²) in [6, 6.07) is 39.1. The van der Waals surface area contributed by atoms with Gasteiger partial charge in [-0.05, 0) is 40.8 Å². The van der Waals surface area contributed by atoms with Crippen LogP contribution in [0.15, 0.2) is 114 Å². The van der Waals surface area contributed by atoms with Gasteiger partial charge in [0.15, 0.2) is 0 Å². The van der Waals surface area contributed by atoms with Gasteiger partial charge in [-0.25, -0.2) is 0 Å². The normalized spacial score (nSPS) is 11.5. The summed E-state index contributed by atoms with van der Waals surface area (Å²) < 4.78 is 3.49. The molecule has 0 aliphatic heterocycles. The van der Waals surface area contributed by atoms with E-state index in [1.54, 1.807) is 0 Å². The maximum Gasteiger partial charge on any atom is 0.0619 e. The summed E-state index contributed by atoms with van der Waals surface area (Å²) in [5.41, 5.74) is 6.09. The molecule has 0 N–H and O–H groups in total. The van der Waals surface area contributed by atoms with Crippen LogP contribution in [0.25, 0.3) is 49.4 Å². The van der Waals surface area contributed by atoms with Crippen molar-refractivity contribution in [1.29, 1.82) is 0 Å². The molecule has 0 aliphatic rings. The zero-order valence-corrected chi connectivity index (χ0v) is 17.8. The predicted molar refractivity (Wildman–Crippen MR) is 131 cm³/mol. The van der Waals surface area contributed by atoms with Gasteiger partial charge in [0, 0.05) is 26.3 Å². The van der Waals surface area contributed by atoms with Crippen molar-refractivity contribution in [3.63, 3.8) is 0 Å². The Balaban J connectivity index is 1.75. The lowest BCUT2D eigenvalue weighted by Gasteiger charge is -2.12. The van der Waals surface area contributed by atoms with E-state index in [1.807, 2.05) is 0 Å².